The number of amides is 1. The predicted molar refractivity (Wildman–Crippen MR) is 59.6 cm³/mol. The van der Waals surface area contributed by atoms with Crippen molar-refractivity contribution in [2.24, 2.45) is 0 Å². The molecule has 0 spiro atoms. The largest absolute Gasteiger partial charge is 0.395 e. The molecular formula is C11H22N2O2. The summed E-state index contributed by atoms with van der Waals surface area (Å²) in [5.41, 5.74) is 0. The quantitative estimate of drug-likeness (QED) is 0.643. The van der Waals surface area contributed by atoms with Crippen LogP contribution in [0.3, 0.4) is 0 Å². The fourth-order valence-corrected chi connectivity index (χ4v) is 1.76. The monoisotopic (exact) mass is 214 g/mol. The van der Waals surface area contributed by atoms with Crippen LogP contribution >= 0.6 is 0 Å². The second-order valence-electron chi connectivity index (χ2n) is 4.16. The summed E-state index contributed by atoms with van der Waals surface area (Å²) in [6, 6.07) is 0.399. The molecule has 0 aromatic heterocycles. The van der Waals surface area contributed by atoms with Gasteiger partial charge in [0.15, 0.2) is 0 Å². The third-order valence-corrected chi connectivity index (χ3v) is 2.80. The van der Waals surface area contributed by atoms with E-state index < -0.39 is 0 Å². The van der Waals surface area contributed by atoms with Crippen LogP contribution in [0.2, 0.25) is 0 Å². The maximum atomic E-state index is 11.7. The van der Waals surface area contributed by atoms with Crippen molar-refractivity contribution in [2.45, 2.75) is 45.2 Å². The van der Waals surface area contributed by atoms with Gasteiger partial charge in [0.2, 0.25) is 5.91 Å². The summed E-state index contributed by atoms with van der Waals surface area (Å²) < 4.78 is 0. The number of hydrogen-bond acceptors (Lipinski definition) is 3. The fraction of sp³-hybridized carbons (Fsp3) is 0.909. The molecule has 88 valence electrons. The number of hydrogen-bond donors (Lipinski definition) is 2. The van der Waals surface area contributed by atoms with Crippen molar-refractivity contribution in [1.29, 1.82) is 0 Å². The molecule has 1 amide bonds. The van der Waals surface area contributed by atoms with Crippen LogP contribution in [-0.4, -0.2) is 47.7 Å². The highest BCUT2D eigenvalue weighted by Crippen LogP contribution is 2.28. The Kier molecular flexibility index (Phi) is 5.05. The van der Waals surface area contributed by atoms with E-state index >= 15 is 0 Å². The van der Waals surface area contributed by atoms with Crippen LogP contribution in [0.4, 0.5) is 0 Å². The summed E-state index contributed by atoms with van der Waals surface area (Å²) in [4.78, 5) is 13.8. The van der Waals surface area contributed by atoms with Crippen LogP contribution in [0.15, 0.2) is 0 Å². The van der Waals surface area contributed by atoms with Crippen molar-refractivity contribution in [3.05, 3.63) is 0 Å². The van der Waals surface area contributed by atoms with Crippen molar-refractivity contribution >= 4 is 5.91 Å². The topological polar surface area (TPSA) is 52.6 Å². The first-order chi connectivity index (χ1) is 7.20. The molecule has 1 aliphatic carbocycles. The Bertz CT molecular complexity index is 205. The van der Waals surface area contributed by atoms with Crippen molar-refractivity contribution in [2.75, 3.05) is 19.7 Å². The number of carbonyl (C=O) groups is 1. The maximum absolute atomic E-state index is 11.7. The van der Waals surface area contributed by atoms with E-state index in [2.05, 4.69) is 10.2 Å². The van der Waals surface area contributed by atoms with E-state index in [-0.39, 0.29) is 18.6 Å². The Balaban J connectivity index is 2.39. The lowest BCUT2D eigenvalue weighted by Crippen LogP contribution is -2.47. The van der Waals surface area contributed by atoms with Crippen LogP contribution in [0.5, 0.6) is 0 Å². The maximum Gasteiger partial charge on any atom is 0.237 e. The lowest BCUT2D eigenvalue weighted by atomic mass is 10.2. The minimum atomic E-state index is -0.115. The van der Waals surface area contributed by atoms with Gasteiger partial charge in [-0.05, 0) is 26.2 Å². The van der Waals surface area contributed by atoms with Gasteiger partial charge in [0, 0.05) is 19.1 Å². The summed E-state index contributed by atoms with van der Waals surface area (Å²) in [6.45, 7) is 5.42. The highest BCUT2D eigenvalue weighted by molar-refractivity contribution is 5.81. The zero-order chi connectivity index (χ0) is 11.3. The molecule has 1 fully saturated rings. The smallest absolute Gasteiger partial charge is 0.237 e. The molecule has 4 heteroatoms. The van der Waals surface area contributed by atoms with Crippen LogP contribution in [-0.2, 0) is 4.79 Å². The Morgan fingerprint density at radius 1 is 1.60 bits per heavy atom. The van der Waals surface area contributed by atoms with Crippen LogP contribution < -0.4 is 5.32 Å². The highest BCUT2D eigenvalue weighted by Gasteiger charge is 2.34. The van der Waals surface area contributed by atoms with Gasteiger partial charge in [0.25, 0.3) is 0 Å². The lowest BCUT2D eigenvalue weighted by molar-refractivity contribution is -0.126. The average Bonchev–Trinajstić information content (AvgIpc) is 3.05. The molecule has 4 nitrogen and oxygen atoms in total. The molecular weight excluding hydrogens is 192 g/mol. The Labute approximate surface area is 91.6 Å². The molecule has 1 aliphatic rings. The number of rotatable bonds is 7. The van der Waals surface area contributed by atoms with Crippen molar-refractivity contribution in [1.82, 2.24) is 10.2 Å². The van der Waals surface area contributed by atoms with E-state index in [9.17, 15) is 4.79 Å². The molecule has 0 aromatic carbocycles. The van der Waals surface area contributed by atoms with Crippen molar-refractivity contribution in [3.8, 4) is 0 Å². The Morgan fingerprint density at radius 2 is 2.27 bits per heavy atom. The van der Waals surface area contributed by atoms with Gasteiger partial charge in [-0.2, -0.15) is 0 Å². The third-order valence-electron chi connectivity index (χ3n) is 2.80. The zero-order valence-corrected chi connectivity index (χ0v) is 9.70. The minimum Gasteiger partial charge on any atom is -0.395 e. The van der Waals surface area contributed by atoms with Gasteiger partial charge in [-0.25, -0.2) is 0 Å². The second-order valence-corrected chi connectivity index (χ2v) is 4.16. The van der Waals surface area contributed by atoms with Crippen LogP contribution in [0.1, 0.15) is 33.1 Å². The lowest BCUT2D eigenvalue weighted by Gasteiger charge is -2.27. The zero-order valence-electron chi connectivity index (χ0n) is 9.70. The van der Waals surface area contributed by atoms with Crippen LogP contribution in [0, 0.1) is 0 Å². The molecule has 0 aliphatic heterocycles. The minimum absolute atomic E-state index is 0.0807. The molecule has 1 rings (SSSR count). The molecule has 0 saturated heterocycles. The first-order valence-corrected chi connectivity index (χ1v) is 5.85. The summed E-state index contributed by atoms with van der Waals surface area (Å²) in [5, 5.41) is 11.8. The number of carbonyl (C=O) groups excluding carboxylic acids is 1. The predicted octanol–water partition coefficient (Wildman–Crippen LogP) is 0.358. The van der Waals surface area contributed by atoms with E-state index in [0.717, 1.165) is 25.8 Å². The molecule has 0 aromatic rings. The summed E-state index contributed by atoms with van der Waals surface area (Å²) >= 11 is 0. The average molecular weight is 214 g/mol. The molecule has 15 heavy (non-hydrogen) atoms. The molecule has 0 radical (unpaired) electrons. The number of aliphatic hydroxyl groups excluding tert-OH is 1. The Morgan fingerprint density at radius 3 is 2.73 bits per heavy atom. The molecule has 1 unspecified atom stereocenters. The van der Waals surface area contributed by atoms with E-state index in [0.29, 0.717) is 12.6 Å². The fourth-order valence-electron chi connectivity index (χ4n) is 1.76. The van der Waals surface area contributed by atoms with Gasteiger partial charge >= 0.3 is 0 Å². The van der Waals surface area contributed by atoms with Crippen molar-refractivity contribution < 1.29 is 9.90 Å². The first kappa shape index (κ1) is 12.5. The molecule has 1 atom stereocenters. The first-order valence-electron chi connectivity index (χ1n) is 5.85. The van der Waals surface area contributed by atoms with Crippen molar-refractivity contribution in [3.63, 3.8) is 0 Å². The van der Waals surface area contributed by atoms with Gasteiger partial charge < -0.3 is 10.4 Å². The number of nitrogens with zero attached hydrogens (tertiary/aromatic N) is 1. The highest BCUT2D eigenvalue weighted by atomic mass is 16.3. The van der Waals surface area contributed by atoms with E-state index in [4.69, 9.17) is 5.11 Å². The SMILES string of the molecule is CCCNC(=O)C(C)N(CCO)C1CC1. The Hall–Kier alpha value is -0.610. The normalized spacial score (nSPS) is 17.9. The summed E-state index contributed by atoms with van der Waals surface area (Å²) in [7, 11) is 0. The van der Waals surface area contributed by atoms with Gasteiger partial charge in [-0.15, -0.1) is 0 Å². The van der Waals surface area contributed by atoms with E-state index in [1.54, 1.807) is 0 Å². The third kappa shape index (κ3) is 3.80. The van der Waals surface area contributed by atoms with Crippen LogP contribution in [0.25, 0.3) is 0 Å². The number of aliphatic hydroxyl groups is 1. The number of nitrogens with one attached hydrogen (secondary N) is 1. The van der Waals surface area contributed by atoms with E-state index in [1.165, 1.54) is 0 Å². The van der Waals surface area contributed by atoms with Gasteiger partial charge in [-0.1, -0.05) is 6.92 Å². The molecule has 0 heterocycles. The van der Waals surface area contributed by atoms with E-state index in [1.807, 2.05) is 13.8 Å². The summed E-state index contributed by atoms with van der Waals surface area (Å²) in [5.74, 6) is 0.0807. The van der Waals surface area contributed by atoms with Gasteiger partial charge in [0.05, 0.1) is 12.6 Å². The molecule has 2 N–H and O–H groups in total. The standard InChI is InChI=1S/C11H22N2O2/c1-3-6-12-11(15)9(2)13(7-8-14)10-4-5-10/h9-10,14H,3-8H2,1-2H3,(H,12,15). The summed E-state index contributed by atoms with van der Waals surface area (Å²) in [6.07, 6.45) is 3.28. The molecule has 1 saturated carbocycles. The van der Waals surface area contributed by atoms with Gasteiger partial charge in [0.1, 0.15) is 0 Å². The molecule has 0 bridgehead atoms. The van der Waals surface area contributed by atoms with Gasteiger partial charge in [-0.3, -0.25) is 9.69 Å². The second kappa shape index (κ2) is 6.08.